The molecule has 0 aliphatic heterocycles. The molecule has 0 radical (unpaired) electrons. The van der Waals surface area contributed by atoms with E-state index in [0.717, 1.165) is 17.2 Å². The maximum atomic E-state index is 11.4. The third kappa shape index (κ3) is 2.69. The smallest absolute Gasteiger partial charge is 0.311 e. The zero-order chi connectivity index (χ0) is 14.5. The number of benzene rings is 1. The first-order chi connectivity index (χ1) is 9.67. The number of aliphatic carboxylic acids is 1. The molecule has 0 aliphatic carbocycles. The molecule has 102 valence electrons. The van der Waals surface area contributed by atoms with E-state index in [9.17, 15) is 14.7 Å². The molecule has 0 saturated heterocycles. The van der Waals surface area contributed by atoms with Crippen LogP contribution in [0.5, 0.6) is 0 Å². The SMILES string of the molecule is N#Cc1ccc2c(C(CCCC=O)C(=O)O)c[nH]c2c1. The highest BCUT2D eigenvalue weighted by atomic mass is 16.4. The number of carboxylic acid groups (broad SMARTS) is 1. The van der Waals surface area contributed by atoms with Crippen molar-refractivity contribution in [2.24, 2.45) is 0 Å². The van der Waals surface area contributed by atoms with Crippen molar-refractivity contribution in [2.45, 2.75) is 25.2 Å². The number of unbranched alkanes of at least 4 members (excludes halogenated alkanes) is 1. The van der Waals surface area contributed by atoms with E-state index in [-0.39, 0.29) is 0 Å². The van der Waals surface area contributed by atoms with Crippen molar-refractivity contribution in [1.82, 2.24) is 4.98 Å². The molecule has 0 saturated carbocycles. The minimum absolute atomic E-state index is 0.366. The number of carbonyl (C=O) groups is 2. The first-order valence-corrected chi connectivity index (χ1v) is 6.35. The number of carboxylic acids is 1. The van der Waals surface area contributed by atoms with E-state index < -0.39 is 11.9 Å². The average Bonchev–Trinajstić information content (AvgIpc) is 2.86. The Kier molecular flexibility index (Phi) is 4.16. The maximum absolute atomic E-state index is 11.4. The van der Waals surface area contributed by atoms with Crippen molar-refractivity contribution in [3.8, 4) is 6.07 Å². The second kappa shape index (κ2) is 6.02. The highest BCUT2D eigenvalue weighted by Gasteiger charge is 2.22. The summed E-state index contributed by atoms with van der Waals surface area (Å²) in [5.41, 5.74) is 1.97. The Balaban J connectivity index is 2.36. The number of hydrogen-bond acceptors (Lipinski definition) is 3. The Morgan fingerprint density at radius 3 is 2.95 bits per heavy atom. The number of nitriles is 1. The Morgan fingerprint density at radius 2 is 2.30 bits per heavy atom. The van der Waals surface area contributed by atoms with E-state index in [1.54, 1.807) is 24.4 Å². The molecule has 2 aromatic rings. The summed E-state index contributed by atoms with van der Waals surface area (Å²) in [6.45, 7) is 0. The van der Waals surface area contributed by atoms with Crippen LogP contribution in [-0.4, -0.2) is 22.3 Å². The van der Waals surface area contributed by atoms with Gasteiger partial charge in [-0.2, -0.15) is 5.26 Å². The van der Waals surface area contributed by atoms with E-state index in [1.807, 2.05) is 6.07 Å². The third-order valence-corrected chi connectivity index (χ3v) is 3.33. The predicted octanol–water partition coefficient (Wildman–Crippen LogP) is 2.58. The van der Waals surface area contributed by atoms with Gasteiger partial charge in [-0.25, -0.2) is 0 Å². The molecule has 0 amide bonds. The lowest BCUT2D eigenvalue weighted by molar-refractivity contribution is -0.139. The van der Waals surface area contributed by atoms with Crippen LogP contribution >= 0.6 is 0 Å². The number of H-pyrrole nitrogens is 1. The molecule has 0 fully saturated rings. The molecule has 20 heavy (non-hydrogen) atoms. The first-order valence-electron chi connectivity index (χ1n) is 6.35. The van der Waals surface area contributed by atoms with E-state index in [1.165, 1.54) is 0 Å². The number of carbonyl (C=O) groups excluding carboxylic acids is 1. The van der Waals surface area contributed by atoms with Crippen LogP contribution in [0.15, 0.2) is 24.4 Å². The predicted molar refractivity (Wildman–Crippen MR) is 73.3 cm³/mol. The quantitative estimate of drug-likeness (QED) is 0.623. The van der Waals surface area contributed by atoms with Gasteiger partial charge in [0.2, 0.25) is 0 Å². The maximum Gasteiger partial charge on any atom is 0.311 e. The number of nitrogens with zero attached hydrogens (tertiary/aromatic N) is 1. The van der Waals surface area contributed by atoms with Gasteiger partial charge in [-0.15, -0.1) is 0 Å². The molecule has 2 rings (SSSR count). The number of nitrogens with one attached hydrogen (secondary N) is 1. The molecule has 2 N–H and O–H groups in total. The molecule has 1 aromatic heterocycles. The molecule has 1 heterocycles. The van der Waals surface area contributed by atoms with Crippen LogP contribution in [0.1, 0.15) is 36.3 Å². The van der Waals surface area contributed by atoms with Crippen molar-refractivity contribution in [2.75, 3.05) is 0 Å². The Hall–Kier alpha value is -2.61. The summed E-state index contributed by atoms with van der Waals surface area (Å²) in [6, 6.07) is 7.17. The topological polar surface area (TPSA) is 93.9 Å². The summed E-state index contributed by atoms with van der Waals surface area (Å²) >= 11 is 0. The zero-order valence-electron chi connectivity index (χ0n) is 10.8. The molecule has 1 aromatic carbocycles. The van der Waals surface area contributed by atoms with Crippen LogP contribution in [-0.2, 0) is 9.59 Å². The molecular formula is C15H14N2O3. The molecular weight excluding hydrogens is 256 g/mol. The standard InChI is InChI=1S/C15H14N2O3/c16-8-10-4-5-11-13(9-17-14(11)7-10)12(15(19)20)3-1-2-6-18/h4-7,9,12,17H,1-3H2,(H,19,20). The van der Waals surface area contributed by atoms with Gasteiger partial charge >= 0.3 is 5.97 Å². The summed E-state index contributed by atoms with van der Waals surface area (Å²) in [5, 5.41) is 19.0. The number of aromatic amines is 1. The lowest BCUT2D eigenvalue weighted by Gasteiger charge is -2.10. The van der Waals surface area contributed by atoms with E-state index in [2.05, 4.69) is 4.98 Å². The van der Waals surface area contributed by atoms with Gasteiger partial charge in [0.1, 0.15) is 6.29 Å². The van der Waals surface area contributed by atoms with Crippen LogP contribution in [0.4, 0.5) is 0 Å². The van der Waals surface area contributed by atoms with Gasteiger partial charge in [-0.1, -0.05) is 6.07 Å². The Morgan fingerprint density at radius 1 is 1.50 bits per heavy atom. The fraction of sp³-hybridized carbons (Fsp3) is 0.267. The van der Waals surface area contributed by atoms with Crippen molar-refractivity contribution in [3.05, 3.63) is 35.5 Å². The summed E-state index contributed by atoms with van der Waals surface area (Å²) in [6.07, 6.45) is 3.80. The molecule has 0 spiro atoms. The fourth-order valence-electron chi connectivity index (χ4n) is 2.32. The molecule has 5 heteroatoms. The number of hydrogen-bond donors (Lipinski definition) is 2. The van der Waals surface area contributed by atoms with Crippen molar-refractivity contribution in [1.29, 1.82) is 5.26 Å². The minimum atomic E-state index is -0.902. The van der Waals surface area contributed by atoms with E-state index in [4.69, 9.17) is 5.26 Å². The highest BCUT2D eigenvalue weighted by molar-refractivity contribution is 5.90. The largest absolute Gasteiger partial charge is 0.481 e. The lowest BCUT2D eigenvalue weighted by Crippen LogP contribution is -2.11. The van der Waals surface area contributed by atoms with Crippen molar-refractivity contribution >= 4 is 23.2 Å². The molecule has 5 nitrogen and oxygen atoms in total. The number of rotatable bonds is 6. The van der Waals surface area contributed by atoms with Crippen LogP contribution in [0.25, 0.3) is 10.9 Å². The Bertz CT molecular complexity index is 682. The van der Waals surface area contributed by atoms with Crippen LogP contribution in [0.3, 0.4) is 0 Å². The summed E-state index contributed by atoms with van der Waals surface area (Å²) in [4.78, 5) is 24.8. The van der Waals surface area contributed by atoms with E-state index in [0.29, 0.717) is 30.4 Å². The van der Waals surface area contributed by atoms with Gasteiger partial charge in [0, 0.05) is 23.5 Å². The van der Waals surface area contributed by atoms with Crippen molar-refractivity contribution in [3.63, 3.8) is 0 Å². The van der Waals surface area contributed by atoms with Gasteiger partial charge in [0.15, 0.2) is 0 Å². The monoisotopic (exact) mass is 270 g/mol. The molecule has 0 aliphatic rings. The van der Waals surface area contributed by atoms with Crippen LogP contribution < -0.4 is 0 Å². The minimum Gasteiger partial charge on any atom is -0.481 e. The second-order valence-corrected chi connectivity index (χ2v) is 4.60. The summed E-state index contributed by atoms with van der Waals surface area (Å²) in [7, 11) is 0. The van der Waals surface area contributed by atoms with E-state index >= 15 is 0 Å². The lowest BCUT2D eigenvalue weighted by atomic mass is 9.93. The fourth-order valence-corrected chi connectivity index (χ4v) is 2.32. The number of aldehydes is 1. The summed E-state index contributed by atoms with van der Waals surface area (Å²) in [5.74, 6) is -1.54. The first kappa shape index (κ1) is 13.8. The number of fused-ring (bicyclic) bond motifs is 1. The molecule has 0 bridgehead atoms. The molecule has 1 atom stereocenters. The second-order valence-electron chi connectivity index (χ2n) is 4.60. The zero-order valence-corrected chi connectivity index (χ0v) is 10.8. The van der Waals surface area contributed by atoms with Gasteiger partial charge in [-0.3, -0.25) is 4.79 Å². The van der Waals surface area contributed by atoms with Crippen molar-refractivity contribution < 1.29 is 14.7 Å². The van der Waals surface area contributed by atoms with Gasteiger partial charge in [0.05, 0.1) is 17.6 Å². The summed E-state index contributed by atoms with van der Waals surface area (Å²) < 4.78 is 0. The van der Waals surface area contributed by atoms with Crippen LogP contribution in [0.2, 0.25) is 0 Å². The Labute approximate surface area is 115 Å². The normalized spacial score (nSPS) is 11.9. The highest BCUT2D eigenvalue weighted by Crippen LogP contribution is 2.30. The molecule has 1 unspecified atom stereocenters. The van der Waals surface area contributed by atoms with Gasteiger partial charge < -0.3 is 14.9 Å². The average molecular weight is 270 g/mol. The van der Waals surface area contributed by atoms with Crippen LogP contribution in [0, 0.1) is 11.3 Å². The number of aromatic nitrogens is 1. The van der Waals surface area contributed by atoms with Gasteiger partial charge in [-0.05, 0) is 30.5 Å². The third-order valence-electron chi connectivity index (χ3n) is 3.33. The van der Waals surface area contributed by atoms with Gasteiger partial charge in [0.25, 0.3) is 0 Å².